The quantitative estimate of drug-likeness (QED) is 0.691. The van der Waals surface area contributed by atoms with Crippen LogP contribution in [0.5, 0.6) is 0 Å². The normalized spacial score (nSPS) is 25.3. The molecule has 2 aliphatic rings. The minimum atomic E-state index is -0.906. The summed E-state index contributed by atoms with van der Waals surface area (Å²) in [5, 5.41) is 9.39. The van der Waals surface area contributed by atoms with Crippen molar-refractivity contribution < 1.29 is 19.2 Å². The van der Waals surface area contributed by atoms with Crippen molar-refractivity contribution in [3.63, 3.8) is 0 Å². The fraction of sp³-hybridized carbons (Fsp3) is 0.529. The number of nitrogens with one attached hydrogen (secondary N) is 3. The van der Waals surface area contributed by atoms with E-state index in [0.29, 0.717) is 13.0 Å². The van der Waals surface area contributed by atoms with Crippen LogP contribution in [0.25, 0.3) is 0 Å². The van der Waals surface area contributed by atoms with Crippen LogP contribution < -0.4 is 16.0 Å². The molecule has 1 aromatic heterocycles. The number of rotatable bonds is 4. The Labute approximate surface area is 155 Å². The molecule has 9 heteroatoms. The van der Waals surface area contributed by atoms with Crippen molar-refractivity contribution in [3.8, 4) is 0 Å². The lowest BCUT2D eigenvalue weighted by atomic mass is 9.73. The molecule has 8 nitrogen and oxygen atoms in total. The molecule has 1 spiro atoms. The molecule has 26 heavy (non-hydrogen) atoms. The van der Waals surface area contributed by atoms with E-state index in [1.807, 2.05) is 24.4 Å². The van der Waals surface area contributed by atoms with Gasteiger partial charge < -0.3 is 10.6 Å². The molecule has 1 aliphatic heterocycles. The van der Waals surface area contributed by atoms with Crippen LogP contribution in [0.15, 0.2) is 17.5 Å². The molecule has 140 valence electrons. The van der Waals surface area contributed by atoms with E-state index in [0.717, 1.165) is 29.0 Å². The largest absolute Gasteiger partial charge is 0.333 e. The molecule has 0 aromatic carbocycles. The summed E-state index contributed by atoms with van der Waals surface area (Å²) in [6.45, 7) is 1.78. The van der Waals surface area contributed by atoms with Gasteiger partial charge in [0.25, 0.3) is 5.91 Å². The highest BCUT2D eigenvalue weighted by molar-refractivity contribution is 7.09. The summed E-state index contributed by atoms with van der Waals surface area (Å²) in [4.78, 5) is 50.7. The monoisotopic (exact) mass is 378 g/mol. The van der Waals surface area contributed by atoms with Gasteiger partial charge in [0.15, 0.2) is 0 Å². The van der Waals surface area contributed by atoms with Gasteiger partial charge in [0.05, 0.1) is 6.54 Å². The number of imide groups is 2. The molecule has 3 rings (SSSR count). The number of amides is 6. The standard InChI is InChI=1S/C17H22N4O4S/c1-11-5-2-3-7-17(11)14(23)21(16(25)20-17)10-13(22)19-15(24)18-9-12-6-4-8-26-12/h4,6,8,11H,2-3,5,7,9-10H2,1H3,(H,20,25)(H2,18,19,22,24)/t11-,17+/m0/s1. The highest BCUT2D eigenvalue weighted by Crippen LogP contribution is 2.38. The predicted octanol–water partition coefficient (Wildman–Crippen LogP) is 1.57. The molecule has 3 N–H and O–H groups in total. The molecule has 2 heterocycles. The van der Waals surface area contributed by atoms with Crippen LogP contribution in [-0.4, -0.2) is 40.9 Å². The molecule has 1 aliphatic carbocycles. The van der Waals surface area contributed by atoms with Crippen LogP contribution in [0.1, 0.15) is 37.5 Å². The summed E-state index contributed by atoms with van der Waals surface area (Å²) in [6, 6.07) is 2.50. The molecule has 0 unspecified atom stereocenters. The Morgan fingerprint density at radius 3 is 2.88 bits per heavy atom. The van der Waals surface area contributed by atoms with Gasteiger partial charge in [-0.2, -0.15) is 0 Å². The van der Waals surface area contributed by atoms with Crippen molar-refractivity contribution in [1.29, 1.82) is 0 Å². The van der Waals surface area contributed by atoms with Crippen molar-refractivity contribution in [2.75, 3.05) is 6.54 Å². The van der Waals surface area contributed by atoms with Crippen LogP contribution in [0.2, 0.25) is 0 Å². The third-order valence-corrected chi connectivity index (χ3v) is 5.94. The molecule has 2 atom stereocenters. The van der Waals surface area contributed by atoms with E-state index in [1.165, 1.54) is 11.3 Å². The second-order valence-corrected chi connectivity index (χ2v) is 7.78. The van der Waals surface area contributed by atoms with Gasteiger partial charge >= 0.3 is 12.1 Å². The first-order chi connectivity index (χ1) is 12.4. The lowest BCUT2D eigenvalue weighted by Crippen LogP contribution is -2.54. The van der Waals surface area contributed by atoms with E-state index >= 15 is 0 Å². The molecular formula is C17H22N4O4S. The van der Waals surface area contributed by atoms with Gasteiger partial charge in [-0.1, -0.05) is 25.8 Å². The lowest BCUT2D eigenvalue weighted by molar-refractivity contribution is -0.137. The first-order valence-electron chi connectivity index (χ1n) is 8.66. The Morgan fingerprint density at radius 2 is 2.19 bits per heavy atom. The summed E-state index contributed by atoms with van der Waals surface area (Å²) >= 11 is 1.49. The molecule has 0 radical (unpaired) electrons. The first kappa shape index (κ1) is 18.4. The third-order valence-electron chi connectivity index (χ3n) is 5.06. The fourth-order valence-electron chi connectivity index (χ4n) is 3.57. The van der Waals surface area contributed by atoms with Crippen molar-refractivity contribution in [2.45, 2.75) is 44.7 Å². The summed E-state index contributed by atoms with van der Waals surface area (Å²) in [5.74, 6) is -1.05. The van der Waals surface area contributed by atoms with Gasteiger partial charge in [-0.25, -0.2) is 9.59 Å². The van der Waals surface area contributed by atoms with E-state index in [9.17, 15) is 19.2 Å². The fourth-order valence-corrected chi connectivity index (χ4v) is 4.22. The zero-order chi connectivity index (χ0) is 18.7. The van der Waals surface area contributed by atoms with E-state index < -0.39 is 30.1 Å². The highest BCUT2D eigenvalue weighted by atomic mass is 32.1. The molecule has 1 aromatic rings. The van der Waals surface area contributed by atoms with E-state index in [-0.39, 0.29) is 11.8 Å². The zero-order valence-corrected chi connectivity index (χ0v) is 15.4. The number of hydrogen-bond donors (Lipinski definition) is 3. The topological polar surface area (TPSA) is 108 Å². The minimum absolute atomic E-state index is 0.0230. The SMILES string of the molecule is C[C@H]1CCCC[C@@]12NC(=O)N(CC(=O)NC(=O)NCc1cccs1)C2=O. The second kappa shape index (κ2) is 7.45. The number of hydrogen-bond acceptors (Lipinski definition) is 5. The summed E-state index contributed by atoms with van der Waals surface area (Å²) in [6.07, 6.45) is 3.33. The summed E-state index contributed by atoms with van der Waals surface area (Å²) in [7, 11) is 0. The molecule has 6 amide bonds. The maximum Gasteiger partial charge on any atom is 0.325 e. The van der Waals surface area contributed by atoms with E-state index in [2.05, 4.69) is 16.0 Å². The Morgan fingerprint density at radius 1 is 1.38 bits per heavy atom. The molecule has 2 fully saturated rings. The Hall–Kier alpha value is -2.42. The van der Waals surface area contributed by atoms with Crippen LogP contribution in [-0.2, 0) is 16.1 Å². The predicted molar refractivity (Wildman–Crippen MR) is 95.3 cm³/mol. The first-order valence-corrected chi connectivity index (χ1v) is 9.54. The second-order valence-electron chi connectivity index (χ2n) is 6.75. The Balaban J connectivity index is 1.54. The minimum Gasteiger partial charge on any atom is -0.333 e. The van der Waals surface area contributed by atoms with Crippen molar-refractivity contribution in [2.24, 2.45) is 5.92 Å². The van der Waals surface area contributed by atoms with Crippen LogP contribution in [0.4, 0.5) is 9.59 Å². The Kier molecular flexibility index (Phi) is 5.26. The average Bonchev–Trinajstić information content (AvgIpc) is 3.19. The number of urea groups is 2. The summed E-state index contributed by atoms with van der Waals surface area (Å²) in [5.41, 5.74) is -0.906. The van der Waals surface area contributed by atoms with E-state index in [1.54, 1.807) is 0 Å². The van der Waals surface area contributed by atoms with Gasteiger partial charge in [-0.3, -0.25) is 19.8 Å². The molecule has 1 saturated heterocycles. The van der Waals surface area contributed by atoms with Crippen molar-refractivity contribution in [1.82, 2.24) is 20.9 Å². The van der Waals surface area contributed by atoms with Gasteiger partial charge in [-0.15, -0.1) is 11.3 Å². The van der Waals surface area contributed by atoms with Crippen LogP contribution in [0.3, 0.4) is 0 Å². The zero-order valence-electron chi connectivity index (χ0n) is 14.5. The maximum atomic E-state index is 12.8. The van der Waals surface area contributed by atoms with Gasteiger partial charge in [-0.05, 0) is 30.2 Å². The van der Waals surface area contributed by atoms with Crippen molar-refractivity contribution in [3.05, 3.63) is 22.4 Å². The molecule has 1 saturated carbocycles. The average molecular weight is 378 g/mol. The van der Waals surface area contributed by atoms with Gasteiger partial charge in [0.1, 0.15) is 12.1 Å². The maximum absolute atomic E-state index is 12.8. The van der Waals surface area contributed by atoms with E-state index in [4.69, 9.17) is 0 Å². The van der Waals surface area contributed by atoms with Gasteiger partial charge in [0, 0.05) is 4.88 Å². The number of thiophene rings is 1. The lowest BCUT2D eigenvalue weighted by Gasteiger charge is -2.36. The number of carbonyl (C=O) groups excluding carboxylic acids is 4. The smallest absolute Gasteiger partial charge is 0.325 e. The number of nitrogens with zero attached hydrogens (tertiary/aromatic N) is 1. The Bertz CT molecular complexity index is 720. The third kappa shape index (κ3) is 3.57. The highest BCUT2D eigenvalue weighted by Gasteiger charge is 2.55. The van der Waals surface area contributed by atoms with Crippen LogP contribution >= 0.6 is 11.3 Å². The summed E-state index contributed by atoms with van der Waals surface area (Å²) < 4.78 is 0. The van der Waals surface area contributed by atoms with Crippen molar-refractivity contribution >= 4 is 35.2 Å². The molecule has 0 bridgehead atoms. The number of carbonyl (C=O) groups is 4. The molecular weight excluding hydrogens is 356 g/mol. The van der Waals surface area contributed by atoms with Gasteiger partial charge in [0.2, 0.25) is 5.91 Å². The van der Waals surface area contributed by atoms with Crippen LogP contribution in [0, 0.1) is 5.92 Å².